The number of carbonyl (C=O) groups is 1. The van der Waals surface area contributed by atoms with Crippen molar-refractivity contribution >= 4 is 23.4 Å². The Bertz CT molecular complexity index is 483. The summed E-state index contributed by atoms with van der Waals surface area (Å²) in [7, 11) is 0. The summed E-state index contributed by atoms with van der Waals surface area (Å²) in [6.45, 7) is 0. The van der Waals surface area contributed by atoms with Gasteiger partial charge in [0.05, 0.1) is 11.4 Å². The highest BCUT2D eigenvalue weighted by molar-refractivity contribution is 7.99. The van der Waals surface area contributed by atoms with Gasteiger partial charge in [0.25, 0.3) is 5.91 Å². The number of nitrogens with one attached hydrogen (secondary N) is 2. The number of thioether (sulfide) groups is 1. The van der Waals surface area contributed by atoms with Crippen LogP contribution in [-0.2, 0) is 0 Å². The lowest BCUT2D eigenvalue weighted by atomic mass is 10.2. The number of aromatic amines is 1. The number of carbonyl (C=O) groups excluding carboxylic acids is 1. The van der Waals surface area contributed by atoms with Gasteiger partial charge in [-0.3, -0.25) is 9.89 Å². The van der Waals surface area contributed by atoms with E-state index in [1.54, 1.807) is 0 Å². The predicted octanol–water partition coefficient (Wildman–Crippen LogP) is 1.88. The fourth-order valence-corrected chi connectivity index (χ4v) is 3.77. The number of H-pyrrole nitrogens is 1. The van der Waals surface area contributed by atoms with E-state index in [0.29, 0.717) is 22.5 Å². The molecule has 2 aliphatic rings. The molecule has 6 heteroatoms. The first-order chi connectivity index (χ1) is 9.20. The molecule has 2 aliphatic carbocycles. The second kappa shape index (κ2) is 5.07. The van der Waals surface area contributed by atoms with Gasteiger partial charge >= 0.3 is 0 Å². The molecule has 0 spiro atoms. The van der Waals surface area contributed by atoms with Crippen LogP contribution >= 0.6 is 11.8 Å². The molecule has 3 rings (SSSR count). The van der Waals surface area contributed by atoms with Crippen LogP contribution in [0.3, 0.4) is 0 Å². The van der Waals surface area contributed by atoms with Crippen molar-refractivity contribution < 1.29 is 4.79 Å². The van der Waals surface area contributed by atoms with E-state index >= 15 is 0 Å². The van der Waals surface area contributed by atoms with Gasteiger partial charge in [-0.05, 0) is 31.9 Å². The third kappa shape index (κ3) is 2.45. The molecule has 0 radical (unpaired) electrons. The standard InChI is InChI=1S/C13H20N4OS/c1-19-9-4-2-3-8(9)15-13(18)12-10(14)11(16-17-12)7-5-6-7/h7-9H,2-6,14H2,1H3,(H,15,18)(H,16,17). The summed E-state index contributed by atoms with van der Waals surface area (Å²) in [5, 5.41) is 10.6. The van der Waals surface area contributed by atoms with E-state index in [-0.39, 0.29) is 11.9 Å². The number of hydrogen-bond donors (Lipinski definition) is 3. The Hall–Kier alpha value is -1.17. The smallest absolute Gasteiger partial charge is 0.274 e. The molecule has 2 unspecified atom stereocenters. The number of aromatic nitrogens is 2. The van der Waals surface area contributed by atoms with Gasteiger partial charge < -0.3 is 11.1 Å². The third-order valence-corrected chi connectivity index (χ3v) is 5.28. The summed E-state index contributed by atoms with van der Waals surface area (Å²) in [6, 6.07) is 0.253. The van der Waals surface area contributed by atoms with Crippen molar-refractivity contribution in [2.75, 3.05) is 12.0 Å². The van der Waals surface area contributed by atoms with E-state index in [0.717, 1.165) is 25.0 Å². The van der Waals surface area contributed by atoms with Crippen LogP contribution in [0.5, 0.6) is 0 Å². The molecule has 104 valence electrons. The molecular weight excluding hydrogens is 260 g/mol. The van der Waals surface area contributed by atoms with E-state index in [1.165, 1.54) is 12.8 Å². The Morgan fingerprint density at radius 1 is 1.42 bits per heavy atom. The van der Waals surface area contributed by atoms with E-state index in [9.17, 15) is 4.79 Å². The molecule has 0 aliphatic heterocycles. The van der Waals surface area contributed by atoms with Gasteiger partial charge in [0.15, 0.2) is 5.69 Å². The number of amides is 1. The third-order valence-electron chi connectivity index (χ3n) is 4.11. The summed E-state index contributed by atoms with van der Waals surface area (Å²) < 4.78 is 0. The lowest BCUT2D eigenvalue weighted by molar-refractivity contribution is 0.0934. The molecule has 0 saturated heterocycles. The largest absolute Gasteiger partial charge is 0.395 e. The normalized spacial score (nSPS) is 26.6. The summed E-state index contributed by atoms with van der Waals surface area (Å²) in [5.41, 5.74) is 7.88. The fourth-order valence-electron chi connectivity index (χ4n) is 2.83. The van der Waals surface area contributed by atoms with Crippen LogP contribution in [-0.4, -0.2) is 33.7 Å². The number of hydrogen-bond acceptors (Lipinski definition) is 4. The minimum atomic E-state index is -0.133. The molecule has 2 atom stereocenters. The van der Waals surface area contributed by atoms with E-state index < -0.39 is 0 Å². The minimum Gasteiger partial charge on any atom is -0.395 e. The molecule has 19 heavy (non-hydrogen) atoms. The fraction of sp³-hybridized carbons (Fsp3) is 0.692. The first-order valence-electron chi connectivity index (χ1n) is 6.88. The molecule has 4 N–H and O–H groups in total. The lowest BCUT2D eigenvalue weighted by Crippen LogP contribution is -2.39. The maximum Gasteiger partial charge on any atom is 0.274 e. The van der Waals surface area contributed by atoms with Gasteiger partial charge in [-0.1, -0.05) is 6.42 Å². The number of nitrogens with zero attached hydrogens (tertiary/aromatic N) is 1. The molecule has 0 aromatic carbocycles. The Kier molecular flexibility index (Phi) is 3.43. The summed E-state index contributed by atoms with van der Waals surface area (Å²) >= 11 is 1.83. The van der Waals surface area contributed by atoms with Crippen molar-refractivity contribution in [1.82, 2.24) is 15.5 Å². The van der Waals surface area contributed by atoms with Crippen molar-refractivity contribution in [2.24, 2.45) is 0 Å². The number of rotatable bonds is 4. The summed E-state index contributed by atoms with van der Waals surface area (Å²) in [5.74, 6) is 0.353. The molecule has 1 aromatic rings. The van der Waals surface area contributed by atoms with Crippen LogP contribution in [0.25, 0.3) is 0 Å². The van der Waals surface area contributed by atoms with Gasteiger partial charge in [0.1, 0.15) is 0 Å². The van der Waals surface area contributed by atoms with Gasteiger partial charge in [-0.25, -0.2) is 0 Å². The van der Waals surface area contributed by atoms with E-state index in [1.807, 2.05) is 11.8 Å². The van der Waals surface area contributed by atoms with Crippen molar-refractivity contribution in [2.45, 2.75) is 49.3 Å². The molecule has 1 aromatic heterocycles. The maximum atomic E-state index is 12.3. The molecule has 2 saturated carbocycles. The number of nitrogen functional groups attached to an aromatic ring is 1. The van der Waals surface area contributed by atoms with Crippen LogP contribution in [0.2, 0.25) is 0 Å². The Morgan fingerprint density at radius 3 is 2.89 bits per heavy atom. The summed E-state index contributed by atoms with van der Waals surface area (Å²) in [6.07, 6.45) is 7.80. The molecule has 1 heterocycles. The predicted molar refractivity (Wildman–Crippen MR) is 77.4 cm³/mol. The topological polar surface area (TPSA) is 83.8 Å². The van der Waals surface area contributed by atoms with Crippen molar-refractivity contribution in [3.8, 4) is 0 Å². The highest BCUT2D eigenvalue weighted by Crippen LogP contribution is 2.42. The average molecular weight is 280 g/mol. The van der Waals surface area contributed by atoms with Crippen LogP contribution < -0.4 is 11.1 Å². The Morgan fingerprint density at radius 2 is 2.21 bits per heavy atom. The molecule has 2 fully saturated rings. The second-order valence-electron chi connectivity index (χ2n) is 5.46. The average Bonchev–Trinajstić information content (AvgIpc) is 3.02. The zero-order valence-electron chi connectivity index (χ0n) is 11.1. The SMILES string of the molecule is CSC1CCCC1NC(=O)c1n[nH]c(C2CC2)c1N. The summed E-state index contributed by atoms with van der Waals surface area (Å²) in [4.78, 5) is 12.3. The van der Waals surface area contributed by atoms with E-state index in [4.69, 9.17) is 5.73 Å². The zero-order chi connectivity index (χ0) is 13.4. The first-order valence-corrected chi connectivity index (χ1v) is 8.17. The highest BCUT2D eigenvalue weighted by Gasteiger charge is 2.32. The Labute approximate surface area is 117 Å². The molecule has 5 nitrogen and oxygen atoms in total. The van der Waals surface area contributed by atoms with Crippen molar-refractivity contribution in [1.29, 1.82) is 0 Å². The highest BCUT2D eigenvalue weighted by atomic mass is 32.2. The number of anilines is 1. The Balaban J connectivity index is 1.70. The molecule has 0 bridgehead atoms. The van der Waals surface area contributed by atoms with Crippen LogP contribution in [0.15, 0.2) is 0 Å². The van der Waals surface area contributed by atoms with Crippen LogP contribution in [0, 0.1) is 0 Å². The van der Waals surface area contributed by atoms with Crippen LogP contribution in [0.1, 0.15) is 54.2 Å². The maximum absolute atomic E-state index is 12.3. The van der Waals surface area contributed by atoms with Crippen molar-refractivity contribution in [3.63, 3.8) is 0 Å². The first kappa shape index (κ1) is 12.8. The van der Waals surface area contributed by atoms with Gasteiger partial charge in [-0.15, -0.1) is 0 Å². The molecular formula is C13H20N4OS. The monoisotopic (exact) mass is 280 g/mol. The van der Waals surface area contributed by atoms with Gasteiger partial charge in [0.2, 0.25) is 0 Å². The number of nitrogens with two attached hydrogens (primary N) is 1. The quantitative estimate of drug-likeness (QED) is 0.786. The zero-order valence-corrected chi connectivity index (χ0v) is 11.9. The van der Waals surface area contributed by atoms with Gasteiger partial charge in [0, 0.05) is 17.2 Å². The van der Waals surface area contributed by atoms with Crippen molar-refractivity contribution in [3.05, 3.63) is 11.4 Å². The van der Waals surface area contributed by atoms with E-state index in [2.05, 4.69) is 21.8 Å². The van der Waals surface area contributed by atoms with Gasteiger partial charge in [-0.2, -0.15) is 16.9 Å². The lowest BCUT2D eigenvalue weighted by Gasteiger charge is -2.18. The molecule has 1 amide bonds. The van der Waals surface area contributed by atoms with Crippen LogP contribution in [0.4, 0.5) is 5.69 Å². The minimum absolute atomic E-state index is 0.133. The second-order valence-corrected chi connectivity index (χ2v) is 6.54.